The normalized spacial score (nSPS) is 10.7. The Kier molecular flexibility index (Phi) is 21.0. The summed E-state index contributed by atoms with van der Waals surface area (Å²) in [6.07, 6.45) is 1.83. The van der Waals surface area contributed by atoms with Crippen LogP contribution in [0.1, 0.15) is 32.4 Å². The number of fused-ring (bicyclic) bond motifs is 2. The summed E-state index contributed by atoms with van der Waals surface area (Å²) in [4.78, 5) is 22.4. The van der Waals surface area contributed by atoms with Gasteiger partial charge in [-0.25, -0.2) is 0 Å². The summed E-state index contributed by atoms with van der Waals surface area (Å²) in [5.41, 5.74) is 13.1. The molecule has 0 unspecified atom stereocenters. The number of aryl methyl sites for hydroxylation is 1. The molecule has 0 spiro atoms. The van der Waals surface area contributed by atoms with E-state index in [2.05, 4.69) is 40.4 Å². The maximum Gasteiger partial charge on any atom is 0.300 e. The Morgan fingerprint density at radius 2 is 1.08 bits per heavy atom. The third-order valence-corrected chi connectivity index (χ3v) is 9.33. The number of nitrogens with two attached hydrogens (primary N) is 1. The Morgan fingerprint density at radius 3 is 1.56 bits per heavy atom. The van der Waals surface area contributed by atoms with Crippen molar-refractivity contribution in [3.05, 3.63) is 153 Å². The summed E-state index contributed by atoms with van der Waals surface area (Å²) in [7, 11) is 7.01. The van der Waals surface area contributed by atoms with Gasteiger partial charge in [-0.2, -0.15) is 5.10 Å². The second-order valence-electron chi connectivity index (χ2n) is 13.0. The number of aliphatic carboxylic acids is 2. The fraction of sp³-hybridized carbons (Fsp3) is 0.149. The van der Waals surface area contributed by atoms with Gasteiger partial charge in [0.25, 0.3) is 11.9 Å². The van der Waals surface area contributed by atoms with Crippen LogP contribution >= 0.6 is 46.4 Å². The maximum absolute atomic E-state index is 9.00. The molecule has 15 heteroatoms. The minimum atomic E-state index is -0.833. The van der Waals surface area contributed by atoms with Gasteiger partial charge in [0.05, 0.1) is 31.3 Å². The number of methoxy groups -OCH3 is 2. The van der Waals surface area contributed by atoms with Gasteiger partial charge in [-0.05, 0) is 106 Å². The maximum atomic E-state index is 9.00. The first kappa shape index (κ1) is 52.6. The summed E-state index contributed by atoms with van der Waals surface area (Å²) in [5.74, 6) is 0.0162. The number of ether oxygens (including phenoxy) is 2. The van der Waals surface area contributed by atoms with E-state index in [1.165, 1.54) is 0 Å². The largest absolute Gasteiger partial charge is 0.497 e. The molecule has 0 amide bonds. The van der Waals surface area contributed by atoms with Crippen LogP contribution in [0.25, 0.3) is 49.8 Å². The number of carbonyl (C=O) groups is 2. The molecule has 6 aromatic carbocycles. The van der Waals surface area contributed by atoms with E-state index >= 15 is 0 Å². The number of benzene rings is 6. The van der Waals surface area contributed by atoms with Crippen LogP contribution in [-0.2, 0) is 33.7 Å². The predicted molar refractivity (Wildman–Crippen MR) is 253 cm³/mol. The topological polar surface area (TPSA) is 149 Å². The van der Waals surface area contributed by atoms with Crippen molar-refractivity contribution in [1.29, 1.82) is 0 Å². The van der Waals surface area contributed by atoms with Gasteiger partial charge in [-0.15, -0.1) is 0 Å². The second-order valence-corrected chi connectivity index (χ2v) is 14.7. The molecule has 0 aliphatic carbocycles. The number of halogens is 4. The van der Waals surface area contributed by atoms with Crippen molar-refractivity contribution < 1.29 is 46.3 Å². The molecule has 1 heterocycles. The van der Waals surface area contributed by atoms with Crippen molar-refractivity contribution >= 4 is 91.3 Å². The molecule has 7 rings (SSSR count). The number of hydrogen-bond acceptors (Lipinski definition) is 7. The number of carboxylic acids is 2. The predicted octanol–water partition coefficient (Wildman–Crippen LogP) is 12.6. The Balaban J connectivity index is 0.000000354. The molecule has 0 bridgehead atoms. The minimum Gasteiger partial charge on any atom is -0.497 e. The van der Waals surface area contributed by atoms with Crippen molar-refractivity contribution in [2.75, 3.05) is 21.3 Å². The zero-order valence-electron chi connectivity index (χ0n) is 33.8. The van der Waals surface area contributed by atoms with Gasteiger partial charge in [-0.3, -0.25) is 19.3 Å². The SMILES string of the molecule is C.CC(=O)O.CC(=O)O.CN=C(/C=C(\N)c1cc(Cl)cc(Cl)c1)c1ccc2cc(OC)ccc2c1.COc1ccc2cc(-c3cc(-c4cc(Cl)cc(Cl)c4)nn3C)ccc2c1.[Cu]. The van der Waals surface area contributed by atoms with E-state index in [0.29, 0.717) is 25.8 Å². The van der Waals surface area contributed by atoms with Crippen LogP contribution in [0.3, 0.4) is 0 Å². The van der Waals surface area contributed by atoms with Crippen LogP contribution in [0.5, 0.6) is 11.5 Å². The van der Waals surface area contributed by atoms with Crippen LogP contribution in [0, 0.1) is 0 Å². The molecule has 10 nitrogen and oxygen atoms in total. The Bertz CT molecular complexity index is 2660. The van der Waals surface area contributed by atoms with Gasteiger partial charge >= 0.3 is 0 Å². The van der Waals surface area contributed by atoms with Crippen LogP contribution < -0.4 is 15.2 Å². The molecular weight excluding hydrogens is 922 g/mol. The van der Waals surface area contributed by atoms with E-state index < -0.39 is 11.9 Å². The molecule has 4 N–H and O–H groups in total. The summed E-state index contributed by atoms with van der Waals surface area (Å²) in [6, 6.07) is 37.2. The molecule has 62 heavy (non-hydrogen) atoms. The first-order chi connectivity index (χ1) is 28.5. The molecule has 0 atom stereocenters. The third kappa shape index (κ3) is 15.4. The number of carboxylic acid groups (broad SMARTS) is 2. The van der Waals surface area contributed by atoms with Crippen LogP contribution in [0.15, 0.2) is 126 Å². The molecular formula is C47H46Cl4CuN4O6. The van der Waals surface area contributed by atoms with Crippen molar-refractivity contribution in [2.45, 2.75) is 21.3 Å². The number of allylic oxidation sites excluding steroid dienone is 1. The Hall–Kier alpha value is -5.52. The molecule has 0 fully saturated rings. The average Bonchev–Trinajstić information content (AvgIpc) is 3.59. The molecule has 0 aliphatic heterocycles. The first-order valence-corrected chi connectivity index (χ1v) is 19.5. The van der Waals surface area contributed by atoms with E-state index in [4.69, 9.17) is 81.4 Å². The Labute approximate surface area is 392 Å². The van der Waals surface area contributed by atoms with E-state index in [1.807, 2.05) is 78.5 Å². The third-order valence-electron chi connectivity index (χ3n) is 8.45. The molecule has 0 saturated carbocycles. The van der Waals surface area contributed by atoms with Gasteiger partial charge in [0.2, 0.25) is 0 Å². The van der Waals surface area contributed by atoms with Gasteiger partial charge in [0, 0.05) is 93.1 Å². The van der Waals surface area contributed by atoms with E-state index in [1.54, 1.807) is 45.5 Å². The van der Waals surface area contributed by atoms with Crippen molar-refractivity contribution in [2.24, 2.45) is 17.8 Å². The van der Waals surface area contributed by atoms with Gasteiger partial charge in [-0.1, -0.05) is 90.2 Å². The molecule has 329 valence electrons. The zero-order chi connectivity index (χ0) is 44.1. The summed E-state index contributed by atoms with van der Waals surface area (Å²) in [6.45, 7) is 2.17. The smallest absolute Gasteiger partial charge is 0.300 e. The number of nitrogens with zero attached hydrogens (tertiary/aromatic N) is 3. The van der Waals surface area contributed by atoms with Crippen molar-refractivity contribution in [3.63, 3.8) is 0 Å². The summed E-state index contributed by atoms with van der Waals surface area (Å²) in [5, 5.41) is 26.2. The van der Waals surface area contributed by atoms with Crippen LogP contribution in [-0.4, -0.2) is 58.9 Å². The molecule has 7 aromatic rings. The van der Waals surface area contributed by atoms with Gasteiger partial charge in [0.15, 0.2) is 0 Å². The van der Waals surface area contributed by atoms with Crippen molar-refractivity contribution in [1.82, 2.24) is 9.78 Å². The van der Waals surface area contributed by atoms with Crippen LogP contribution in [0.4, 0.5) is 0 Å². The van der Waals surface area contributed by atoms with Gasteiger partial charge < -0.3 is 25.4 Å². The number of aromatic nitrogens is 2. The molecule has 0 saturated heterocycles. The van der Waals surface area contributed by atoms with E-state index in [0.717, 1.165) is 86.2 Å². The summed E-state index contributed by atoms with van der Waals surface area (Å²) >= 11 is 24.4. The fourth-order valence-corrected chi connectivity index (χ4v) is 6.88. The van der Waals surface area contributed by atoms with Gasteiger partial charge in [0.1, 0.15) is 11.5 Å². The fourth-order valence-electron chi connectivity index (χ4n) is 5.83. The van der Waals surface area contributed by atoms with E-state index in [9.17, 15) is 0 Å². The first-order valence-electron chi connectivity index (χ1n) is 18.0. The number of rotatable bonds is 7. The molecule has 1 aromatic heterocycles. The van der Waals surface area contributed by atoms with E-state index in [-0.39, 0.29) is 24.5 Å². The molecule has 0 aliphatic rings. The zero-order valence-corrected chi connectivity index (χ0v) is 37.8. The standard InChI is InChI=1S/C21H16Cl2N2O.C21H18Cl2N2O.2C2H4O2.CH4.Cu/c1-25-21(12-20(24-25)16-8-17(22)11-18(23)9-16)15-4-3-14-10-19(26-2)6-5-13(14)7-15;1-25-21(12-20(24)16-8-17(22)11-18(23)9-16)15-4-3-14-10-19(26-2)6-5-13(14)7-15;2*1-2(3)4;;/h3-12H,1-2H3;3-12H,24H2,1-2H3;2*1H3,(H,3,4);1H4;/b;20-12-,25-21?;;;;. The average molecular weight is 968 g/mol. The monoisotopic (exact) mass is 965 g/mol. The number of hydrogen-bond donors (Lipinski definition) is 3. The van der Waals surface area contributed by atoms with Crippen LogP contribution in [0.2, 0.25) is 20.1 Å². The Morgan fingerprint density at radius 1 is 0.645 bits per heavy atom. The summed E-state index contributed by atoms with van der Waals surface area (Å²) < 4.78 is 12.4. The second kappa shape index (κ2) is 24.8. The number of aliphatic imine (C=N–C) groups is 1. The minimum absolute atomic E-state index is 0. The molecule has 1 radical (unpaired) electrons. The van der Waals surface area contributed by atoms with Crippen molar-refractivity contribution in [3.8, 4) is 34.0 Å². The quantitative estimate of drug-likeness (QED) is 0.106.